The minimum Gasteiger partial charge on any atom is -0.369 e. The Morgan fingerprint density at radius 1 is 1.36 bits per heavy atom. The van der Waals surface area contributed by atoms with Gasteiger partial charge in [0.15, 0.2) is 0 Å². The number of hydrogen-bond donors (Lipinski definition) is 1. The molecule has 0 aromatic rings. The first-order valence-corrected chi connectivity index (χ1v) is 5.94. The van der Waals surface area contributed by atoms with Crippen molar-refractivity contribution in [3.63, 3.8) is 0 Å². The molecule has 0 bridgehead atoms. The lowest BCUT2D eigenvalue weighted by Crippen LogP contribution is -2.42. The van der Waals surface area contributed by atoms with Crippen LogP contribution in [0.2, 0.25) is 0 Å². The maximum atomic E-state index is 3.85. The molecule has 1 rings (SSSR count). The van der Waals surface area contributed by atoms with E-state index in [1.54, 1.807) is 0 Å². The highest BCUT2D eigenvalue weighted by Gasteiger charge is 2.09. The molecule has 2 nitrogen and oxygen atoms in total. The number of nitrogens with zero attached hydrogens (tertiary/aromatic N) is 1. The number of halogens is 1. The third-order valence-electron chi connectivity index (χ3n) is 2.18. The van der Waals surface area contributed by atoms with Gasteiger partial charge in [-0.05, 0) is 45.2 Å². The van der Waals surface area contributed by atoms with Gasteiger partial charge in [0.25, 0.3) is 0 Å². The first-order valence-electron chi connectivity index (χ1n) is 4.86. The molecule has 1 aliphatic heterocycles. The van der Waals surface area contributed by atoms with Gasteiger partial charge < -0.3 is 10.2 Å². The second-order valence-electron chi connectivity index (χ2n) is 3.29. The highest BCUT2D eigenvalue weighted by atomic mass is 127. The van der Waals surface area contributed by atoms with E-state index in [-0.39, 0.29) is 0 Å². The molecular formula is C11H17IN2. The maximum Gasteiger partial charge on any atom is 0.0361 e. The van der Waals surface area contributed by atoms with Gasteiger partial charge in [0, 0.05) is 31.9 Å². The zero-order chi connectivity index (χ0) is 10.4. The fraction of sp³-hybridized carbons (Fsp3) is 0.455. The van der Waals surface area contributed by atoms with E-state index >= 15 is 0 Å². The average Bonchev–Trinajstić information content (AvgIpc) is 2.20. The molecule has 0 amide bonds. The number of rotatable bonds is 3. The standard InChI is InChI=1S/C11H17IN2/c1-3-11(5-4-10(2)12)14-8-6-13-7-9-14/h3-5,13H,1,6-9H2,2H3/b10-4+,11-5+. The molecule has 1 heterocycles. The molecular weight excluding hydrogens is 287 g/mol. The van der Waals surface area contributed by atoms with E-state index in [1.807, 2.05) is 6.08 Å². The molecule has 0 aromatic carbocycles. The molecule has 78 valence electrons. The minimum atomic E-state index is 1.07. The summed E-state index contributed by atoms with van der Waals surface area (Å²) >= 11 is 2.31. The van der Waals surface area contributed by atoms with Crippen molar-refractivity contribution in [2.24, 2.45) is 0 Å². The van der Waals surface area contributed by atoms with Crippen molar-refractivity contribution >= 4 is 22.6 Å². The summed E-state index contributed by atoms with van der Waals surface area (Å²) in [7, 11) is 0. The topological polar surface area (TPSA) is 15.3 Å². The third-order valence-corrected chi connectivity index (χ3v) is 2.53. The quantitative estimate of drug-likeness (QED) is 0.636. The van der Waals surface area contributed by atoms with Crippen LogP contribution in [0.25, 0.3) is 0 Å². The Balaban J connectivity index is 2.64. The summed E-state index contributed by atoms with van der Waals surface area (Å²) in [5, 5.41) is 3.34. The van der Waals surface area contributed by atoms with Crippen molar-refractivity contribution in [3.8, 4) is 0 Å². The van der Waals surface area contributed by atoms with Crippen LogP contribution in [0.4, 0.5) is 0 Å². The van der Waals surface area contributed by atoms with Crippen LogP contribution in [0.3, 0.4) is 0 Å². The van der Waals surface area contributed by atoms with Crippen LogP contribution in [-0.4, -0.2) is 31.1 Å². The fourth-order valence-corrected chi connectivity index (χ4v) is 1.61. The number of piperazine rings is 1. The lowest BCUT2D eigenvalue weighted by atomic mass is 10.2. The van der Waals surface area contributed by atoms with Gasteiger partial charge in [0.2, 0.25) is 0 Å². The zero-order valence-corrected chi connectivity index (χ0v) is 10.8. The summed E-state index contributed by atoms with van der Waals surface area (Å²) in [5.41, 5.74) is 1.22. The predicted molar refractivity (Wildman–Crippen MR) is 70.5 cm³/mol. The van der Waals surface area contributed by atoms with Crippen LogP contribution in [0, 0.1) is 0 Å². The summed E-state index contributed by atoms with van der Waals surface area (Å²) in [6.45, 7) is 10.2. The SMILES string of the molecule is C=C/C(=C\C=C(/C)I)N1CCNCC1. The normalized spacial score (nSPS) is 19.7. The third kappa shape index (κ3) is 3.84. The van der Waals surface area contributed by atoms with Crippen LogP contribution in [0.15, 0.2) is 34.1 Å². The van der Waals surface area contributed by atoms with E-state index < -0.39 is 0 Å². The predicted octanol–water partition coefficient (Wildman–Crippen LogP) is 2.30. The van der Waals surface area contributed by atoms with E-state index in [2.05, 4.69) is 58.5 Å². The van der Waals surface area contributed by atoms with Crippen molar-refractivity contribution in [2.45, 2.75) is 6.92 Å². The first-order chi connectivity index (χ1) is 6.74. The Hall–Kier alpha value is -0.290. The van der Waals surface area contributed by atoms with Gasteiger partial charge in [0.05, 0.1) is 0 Å². The van der Waals surface area contributed by atoms with Crippen LogP contribution in [-0.2, 0) is 0 Å². The van der Waals surface area contributed by atoms with Crippen LogP contribution < -0.4 is 5.32 Å². The zero-order valence-electron chi connectivity index (χ0n) is 8.59. The van der Waals surface area contributed by atoms with E-state index in [9.17, 15) is 0 Å². The largest absolute Gasteiger partial charge is 0.369 e. The Labute approximate surface area is 99.9 Å². The molecule has 1 saturated heterocycles. The van der Waals surface area contributed by atoms with Gasteiger partial charge in [-0.15, -0.1) is 0 Å². The molecule has 0 aromatic heterocycles. The Morgan fingerprint density at radius 3 is 2.50 bits per heavy atom. The lowest BCUT2D eigenvalue weighted by Gasteiger charge is -2.30. The fourth-order valence-electron chi connectivity index (χ4n) is 1.43. The van der Waals surface area contributed by atoms with E-state index in [0.29, 0.717) is 0 Å². The molecule has 0 radical (unpaired) electrons. The number of allylic oxidation sites excluding steroid dienone is 4. The molecule has 14 heavy (non-hydrogen) atoms. The summed E-state index contributed by atoms with van der Waals surface area (Å²) in [6, 6.07) is 0. The Morgan fingerprint density at radius 2 is 2.00 bits per heavy atom. The van der Waals surface area contributed by atoms with Crippen molar-refractivity contribution in [1.82, 2.24) is 10.2 Å². The van der Waals surface area contributed by atoms with E-state index in [4.69, 9.17) is 0 Å². The van der Waals surface area contributed by atoms with Crippen LogP contribution in [0.1, 0.15) is 6.92 Å². The Kier molecular flexibility index (Phi) is 5.25. The molecule has 0 aliphatic carbocycles. The molecule has 1 aliphatic rings. The molecule has 0 saturated carbocycles. The molecule has 3 heteroatoms. The smallest absolute Gasteiger partial charge is 0.0361 e. The molecule has 0 atom stereocenters. The average molecular weight is 304 g/mol. The van der Waals surface area contributed by atoms with Gasteiger partial charge in [-0.1, -0.05) is 12.7 Å². The molecule has 1 N–H and O–H groups in total. The maximum absolute atomic E-state index is 3.85. The number of hydrogen-bond acceptors (Lipinski definition) is 2. The van der Waals surface area contributed by atoms with Gasteiger partial charge >= 0.3 is 0 Å². The van der Waals surface area contributed by atoms with Gasteiger partial charge in [-0.2, -0.15) is 0 Å². The molecule has 0 unspecified atom stereocenters. The highest BCUT2D eigenvalue weighted by molar-refractivity contribution is 14.1. The second kappa shape index (κ2) is 6.24. The van der Waals surface area contributed by atoms with Gasteiger partial charge in [0.1, 0.15) is 0 Å². The molecule has 0 spiro atoms. The minimum absolute atomic E-state index is 1.07. The summed E-state index contributed by atoms with van der Waals surface area (Å²) in [4.78, 5) is 2.36. The monoisotopic (exact) mass is 304 g/mol. The van der Waals surface area contributed by atoms with Crippen molar-refractivity contribution in [1.29, 1.82) is 0 Å². The van der Waals surface area contributed by atoms with Crippen molar-refractivity contribution in [3.05, 3.63) is 34.1 Å². The second-order valence-corrected chi connectivity index (χ2v) is 4.99. The van der Waals surface area contributed by atoms with Gasteiger partial charge in [-0.25, -0.2) is 0 Å². The summed E-state index contributed by atoms with van der Waals surface area (Å²) < 4.78 is 1.29. The van der Waals surface area contributed by atoms with E-state index in [0.717, 1.165) is 26.2 Å². The lowest BCUT2D eigenvalue weighted by molar-refractivity contribution is 0.307. The highest BCUT2D eigenvalue weighted by Crippen LogP contribution is 2.10. The van der Waals surface area contributed by atoms with Crippen molar-refractivity contribution < 1.29 is 0 Å². The van der Waals surface area contributed by atoms with Crippen LogP contribution >= 0.6 is 22.6 Å². The van der Waals surface area contributed by atoms with Crippen LogP contribution in [0.5, 0.6) is 0 Å². The first kappa shape index (κ1) is 11.8. The van der Waals surface area contributed by atoms with E-state index in [1.165, 1.54) is 9.28 Å². The summed E-state index contributed by atoms with van der Waals surface area (Å²) in [5.74, 6) is 0. The summed E-state index contributed by atoms with van der Waals surface area (Å²) in [6.07, 6.45) is 6.20. The van der Waals surface area contributed by atoms with Gasteiger partial charge in [-0.3, -0.25) is 0 Å². The van der Waals surface area contributed by atoms with Crippen molar-refractivity contribution in [2.75, 3.05) is 26.2 Å². The number of nitrogens with one attached hydrogen (secondary N) is 1. The Bertz CT molecular complexity index is 246. The molecule has 1 fully saturated rings.